The molecule has 0 aliphatic rings. The molecule has 0 amide bonds. The highest BCUT2D eigenvalue weighted by Crippen LogP contribution is 2.22. The second kappa shape index (κ2) is 4.52. The van der Waals surface area contributed by atoms with Gasteiger partial charge in [0.05, 0.1) is 12.4 Å². The van der Waals surface area contributed by atoms with Crippen LogP contribution in [0.4, 0.5) is 13.2 Å². The third-order valence-corrected chi connectivity index (χ3v) is 2.22. The molecule has 0 aliphatic carbocycles. The monoisotopic (exact) mass is 242 g/mol. The minimum atomic E-state index is -2.65. The first-order valence-electron chi connectivity index (χ1n) is 4.96. The van der Waals surface area contributed by atoms with Gasteiger partial charge in [0.15, 0.2) is 5.82 Å². The van der Waals surface area contributed by atoms with E-state index in [0.717, 1.165) is 17.1 Å². The number of aromatic nitrogens is 4. The molecule has 0 spiro atoms. The molecule has 2 heterocycles. The normalized spacial score (nSPS) is 11.1. The second-order valence-corrected chi connectivity index (χ2v) is 3.34. The van der Waals surface area contributed by atoms with Crippen LogP contribution in [-0.4, -0.2) is 19.7 Å². The van der Waals surface area contributed by atoms with Crippen molar-refractivity contribution < 1.29 is 13.2 Å². The molecule has 2 rings (SSSR count). The molecule has 4 nitrogen and oxygen atoms in total. The zero-order valence-electron chi connectivity index (χ0n) is 8.94. The van der Waals surface area contributed by atoms with Crippen molar-refractivity contribution in [2.75, 3.05) is 0 Å². The highest BCUT2D eigenvalue weighted by Gasteiger charge is 2.18. The SMILES string of the molecule is CCc1cn(-c2ncc(F)cn2)nc1C(F)F. The topological polar surface area (TPSA) is 43.6 Å². The number of nitrogens with zero attached hydrogens (tertiary/aromatic N) is 4. The van der Waals surface area contributed by atoms with E-state index in [0.29, 0.717) is 12.0 Å². The van der Waals surface area contributed by atoms with Crippen molar-refractivity contribution in [3.8, 4) is 5.95 Å². The Morgan fingerprint density at radius 2 is 1.94 bits per heavy atom. The maximum atomic E-state index is 12.6. The summed E-state index contributed by atoms with van der Waals surface area (Å²) in [5.74, 6) is -0.529. The first-order chi connectivity index (χ1) is 8.11. The van der Waals surface area contributed by atoms with Crippen molar-refractivity contribution in [2.24, 2.45) is 0 Å². The van der Waals surface area contributed by atoms with E-state index >= 15 is 0 Å². The van der Waals surface area contributed by atoms with Gasteiger partial charge in [-0.05, 0) is 12.0 Å². The number of hydrogen-bond acceptors (Lipinski definition) is 3. The summed E-state index contributed by atoms with van der Waals surface area (Å²) in [7, 11) is 0. The first-order valence-corrected chi connectivity index (χ1v) is 4.96. The Bertz CT molecular complexity index is 507. The van der Waals surface area contributed by atoms with Gasteiger partial charge in [-0.1, -0.05) is 6.92 Å². The molecular weight excluding hydrogens is 233 g/mol. The summed E-state index contributed by atoms with van der Waals surface area (Å²) >= 11 is 0. The molecule has 0 saturated heterocycles. The highest BCUT2D eigenvalue weighted by atomic mass is 19.3. The van der Waals surface area contributed by atoms with Crippen LogP contribution in [0.1, 0.15) is 24.6 Å². The fraction of sp³-hybridized carbons (Fsp3) is 0.300. The summed E-state index contributed by atoms with van der Waals surface area (Å²) in [4.78, 5) is 7.33. The van der Waals surface area contributed by atoms with E-state index in [9.17, 15) is 13.2 Å². The number of halogens is 3. The second-order valence-electron chi connectivity index (χ2n) is 3.34. The van der Waals surface area contributed by atoms with Crippen molar-refractivity contribution >= 4 is 0 Å². The molecule has 2 aromatic rings. The maximum Gasteiger partial charge on any atom is 0.282 e. The first kappa shape index (κ1) is 11.6. The summed E-state index contributed by atoms with van der Waals surface area (Å²) in [6.45, 7) is 1.75. The van der Waals surface area contributed by atoms with Crippen LogP contribution in [0.2, 0.25) is 0 Å². The molecule has 2 aromatic heterocycles. The van der Waals surface area contributed by atoms with Crippen molar-refractivity contribution in [3.05, 3.63) is 35.7 Å². The van der Waals surface area contributed by atoms with Crippen molar-refractivity contribution in [2.45, 2.75) is 19.8 Å². The Labute approximate surface area is 95.1 Å². The molecule has 0 bridgehead atoms. The minimum Gasteiger partial charge on any atom is -0.217 e. The summed E-state index contributed by atoms with van der Waals surface area (Å²) in [5.41, 5.74) is 0.133. The molecule has 0 atom stereocenters. The fourth-order valence-electron chi connectivity index (χ4n) is 1.41. The Balaban J connectivity index is 2.42. The summed E-state index contributed by atoms with van der Waals surface area (Å²) < 4.78 is 39.0. The van der Waals surface area contributed by atoms with Crippen molar-refractivity contribution in [3.63, 3.8) is 0 Å². The maximum absolute atomic E-state index is 12.6. The average Bonchev–Trinajstić information content (AvgIpc) is 2.74. The zero-order chi connectivity index (χ0) is 12.4. The zero-order valence-corrected chi connectivity index (χ0v) is 8.94. The molecule has 7 heteroatoms. The molecule has 0 aromatic carbocycles. The van der Waals surface area contributed by atoms with Gasteiger partial charge in [0.25, 0.3) is 12.4 Å². The molecule has 0 unspecified atom stereocenters. The number of hydrogen-bond donors (Lipinski definition) is 0. The largest absolute Gasteiger partial charge is 0.282 e. The van der Waals surface area contributed by atoms with Crippen LogP contribution in [-0.2, 0) is 6.42 Å². The molecule has 0 N–H and O–H groups in total. The average molecular weight is 242 g/mol. The smallest absolute Gasteiger partial charge is 0.217 e. The lowest BCUT2D eigenvalue weighted by molar-refractivity contribution is 0.144. The molecule has 17 heavy (non-hydrogen) atoms. The lowest BCUT2D eigenvalue weighted by atomic mass is 10.2. The molecule has 0 radical (unpaired) electrons. The van der Waals surface area contributed by atoms with Gasteiger partial charge in [-0.3, -0.25) is 0 Å². The Hall–Kier alpha value is -1.92. The van der Waals surface area contributed by atoms with Crippen LogP contribution in [0.3, 0.4) is 0 Å². The van der Waals surface area contributed by atoms with E-state index in [2.05, 4.69) is 15.1 Å². The summed E-state index contributed by atoms with van der Waals surface area (Å²) in [5, 5.41) is 3.70. The van der Waals surface area contributed by atoms with Gasteiger partial charge in [-0.15, -0.1) is 0 Å². The standard InChI is InChI=1S/C10H9F3N4/c1-2-6-5-17(16-8(6)9(12)13)10-14-3-7(11)4-15-10/h3-5,9H,2H2,1H3. The summed E-state index contributed by atoms with van der Waals surface area (Å²) in [6.07, 6.45) is 1.12. The predicted octanol–water partition coefficient (Wildman–Crippen LogP) is 2.30. The van der Waals surface area contributed by atoms with Gasteiger partial charge in [0.1, 0.15) is 5.69 Å². The van der Waals surface area contributed by atoms with E-state index in [1.807, 2.05) is 0 Å². The van der Waals surface area contributed by atoms with Gasteiger partial charge < -0.3 is 0 Å². The van der Waals surface area contributed by atoms with Gasteiger partial charge in [-0.2, -0.15) is 5.10 Å². The van der Waals surface area contributed by atoms with Crippen LogP contribution < -0.4 is 0 Å². The molecular formula is C10H9F3N4. The van der Waals surface area contributed by atoms with E-state index < -0.39 is 12.2 Å². The predicted molar refractivity (Wildman–Crippen MR) is 53.4 cm³/mol. The van der Waals surface area contributed by atoms with Crippen LogP contribution in [0.5, 0.6) is 0 Å². The van der Waals surface area contributed by atoms with Gasteiger partial charge in [0.2, 0.25) is 0 Å². The van der Waals surface area contributed by atoms with Gasteiger partial charge in [-0.25, -0.2) is 27.8 Å². The lowest BCUT2D eigenvalue weighted by Crippen LogP contribution is -2.02. The van der Waals surface area contributed by atoms with E-state index in [1.54, 1.807) is 6.92 Å². The van der Waals surface area contributed by atoms with Crippen molar-refractivity contribution in [1.82, 2.24) is 19.7 Å². The Kier molecular flexibility index (Phi) is 3.08. The van der Waals surface area contributed by atoms with Crippen LogP contribution in [0.15, 0.2) is 18.6 Å². The molecule has 90 valence electrons. The van der Waals surface area contributed by atoms with E-state index in [-0.39, 0.29) is 11.6 Å². The highest BCUT2D eigenvalue weighted by molar-refractivity contribution is 5.22. The molecule has 0 saturated carbocycles. The van der Waals surface area contributed by atoms with Gasteiger partial charge in [0, 0.05) is 6.20 Å². The number of aryl methyl sites for hydroxylation is 1. The third kappa shape index (κ3) is 2.27. The van der Waals surface area contributed by atoms with Gasteiger partial charge >= 0.3 is 0 Å². The Morgan fingerprint density at radius 3 is 2.41 bits per heavy atom. The van der Waals surface area contributed by atoms with Crippen LogP contribution in [0, 0.1) is 5.82 Å². The minimum absolute atomic E-state index is 0.0630. The van der Waals surface area contributed by atoms with Crippen LogP contribution in [0.25, 0.3) is 5.95 Å². The third-order valence-electron chi connectivity index (χ3n) is 2.22. The van der Waals surface area contributed by atoms with Crippen LogP contribution >= 0.6 is 0 Å². The van der Waals surface area contributed by atoms with E-state index in [4.69, 9.17) is 0 Å². The molecule has 0 aliphatic heterocycles. The van der Waals surface area contributed by atoms with E-state index in [1.165, 1.54) is 6.20 Å². The lowest BCUT2D eigenvalue weighted by Gasteiger charge is -1.97. The number of alkyl halides is 2. The fourth-order valence-corrected chi connectivity index (χ4v) is 1.41. The number of rotatable bonds is 3. The quantitative estimate of drug-likeness (QED) is 0.829. The molecule has 0 fully saturated rings. The summed E-state index contributed by atoms with van der Waals surface area (Å²) in [6, 6.07) is 0. The van der Waals surface area contributed by atoms with Crippen molar-refractivity contribution in [1.29, 1.82) is 0 Å². The Morgan fingerprint density at radius 1 is 1.29 bits per heavy atom.